The van der Waals surface area contributed by atoms with Crippen LogP contribution in [-0.2, 0) is 4.74 Å². The third-order valence-electron chi connectivity index (χ3n) is 3.43. The number of nitrogens with one attached hydrogen (secondary N) is 1. The number of rotatable bonds is 6. The molecule has 3 heteroatoms. The van der Waals surface area contributed by atoms with Crippen LogP contribution in [0.1, 0.15) is 31.7 Å². The summed E-state index contributed by atoms with van der Waals surface area (Å²) in [5.41, 5.74) is 2.34. The molecule has 106 valence electrons. The van der Waals surface area contributed by atoms with Crippen molar-refractivity contribution in [3.05, 3.63) is 23.8 Å². The molecule has 1 unspecified atom stereocenters. The van der Waals surface area contributed by atoms with Crippen LogP contribution in [0.25, 0.3) is 0 Å². The van der Waals surface area contributed by atoms with Gasteiger partial charge in [-0.3, -0.25) is 0 Å². The molecule has 0 aliphatic carbocycles. The zero-order chi connectivity index (χ0) is 13.5. The first-order chi connectivity index (χ1) is 9.29. The van der Waals surface area contributed by atoms with Gasteiger partial charge in [0.1, 0.15) is 5.75 Å². The van der Waals surface area contributed by atoms with E-state index in [0.29, 0.717) is 5.92 Å². The number of anilines is 1. The van der Waals surface area contributed by atoms with Crippen molar-refractivity contribution in [2.45, 2.75) is 33.1 Å². The Hall–Kier alpha value is -1.22. The second-order valence-electron chi connectivity index (χ2n) is 5.31. The minimum absolute atomic E-state index is 0.620. The van der Waals surface area contributed by atoms with Crippen LogP contribution in [0.5, 0.6) is 5.75 Å². The lowest BCUT2D eigenvalue weighted by atomic mass is 10.0. The molecule has 19 heavy (non-hydrogen) atoms. The summed E-state index contributed by atoms with van der Waals surface area (Å²) in [6, 6.07) is 6.35. The number of ether oxygens (including phenoxy) is 2. The van der Waals surface area contributed by atoms with Crippen molar-refractivity contribution in [3.8, 4) is 5.75 Å². The van der Waals surface area contributed by atoms with Gasteiger partial charge in [-0.2, -0.15) is 0 Å². The zero-order valence-corrected chi connectivity index (χ0v) is 12.1. The summed E-state index contributed by atoms with van der Waals surface area (Å²) in [5, 5.41) is 3.51. The maximum Gasteiger partial charge on any atom is 0.142 e. The summed E-state index contributed by atoms with van der Waals surface area (Å²) in [7, 11) is 0. The zero-order valence-electron chi connectivity index (χ0n) is 12.1. The smallest absolute Gasteiger partial charge is 0.142 e. The van der Waals surface area contributed by atoms with E-state index in [-0.39, 0.29) is 0 Å². The molecule has 0 bridgehead atoms. The molecule has 2 rings (SSSR count). The van der Waals surface area contributed by atoms with Gasteiger partial charge in [0.15, 0.2) is 0 Å². The highest BCUT2D eigenvalue weighted by Crippen LogP contribution is 2.26. The largest absolute Gasteiger partial charge is 0.491 e. The predicted octanol–water partition coefficient (Wildman–Crippen LogP) is 3.62. The van der Waals surface area contributed by atoms with E-state index in [9.17, 15) is 0 Å². The van der Waals surface area contributed by atoms with Gasteiger partial charge in [-0.1, -0.05) is 13.0 Å². The number of hydrogen-bond acceptors (Lipinski definition) is 3. The molecule has 1 atom stereocenters. The number of hydrogen-bond donors (Lipinski definition) is 1. The van der Waals surface area contributed by atoms with Crippen molar-refractivity contribution in [1.29, 1.82) is 0 Å². The van der Waals surface area contributed by atoms with Gasteiger partial charge in [-0.15, -0.1) is 0 Å². The van der Waals surface area contributed by atoms with Gasteiger partial charge in [0, 0.05) is 13.2 Å². The van der Waals surface area contributed by atoms with E-state index in [1.54, 1.807) is 0 Å². The first-order valence-corrected chi connectivity index (χ1v) is 7.34. The molecule has 1 aliphatic rings. The second kappa shape index (κ2) is 7.39. The third-order valence-corrected chi connectivity index (χ3v) is 3.43. The maximum absolute atomic E-state index is 5.81. The quantitative estimate of drug-likeness (QED) is 0.850. The Bertz CT molecular complexity index is 386. The topological polar surface area (TPSA) is 30.5 Å². The molecule has 0 radical (unpaired) electrons. The van der Waals surface area contributed by atoms with E-state index in [2.05, 4.69) is 37.4 Å². The second-order valence-corrected chi connectivity index (χ2v) is 5.31. The monoisotopic (exact) mass is 263 g/mol. The van der Waals surface area contributed by atoms with Crippen LogP contribution >= 0.6 is 0 Å². The maximum atomic E-state index is 5.81. The molecule has 1 saturated heterocycles. The Morgan fingerprint density at radius 2 is 2.32 bits per heavy atom. The molecule has 1 aromatic carbocycles. The first kappa shape index (κ1) is 14.2. The van der Waals surface area contributed by atoms with Gasteiger partial charge in [0.2, 0.25) is 0 Å². The predicted molar refractivity (Wildman–Crippen MR) is 79.0 cm³/mol. The summed E-state index contributed by atoms with van der Waals surface area (Å²) in [6.07, 6.45) is 3.47. The SMILES string of the molecule is CCCOc1cc(C)ccc1NCC1CCCOC1. The molecule has 0 spiro atoms. The lowest BCUT2D eigenvalue weighted by Crippen LogP contribution is -2.24. The third kappa shape index (κ3) is 4.43. The highest BCUT2D eigenvalue weighted by atomic mass is 16.5. The fraction of sp³-hybridized carbons (Fsp3) is 0.625. The van der Waals surface area contributed by atoms with Gasteiger partial charge in [-0.25, -0.2) is 0 Å². The molecule has 0 saturated carbocycles. The fourth-order valence-corrected chi connectivity index (χ4v) is 2.33. The summed E-state index contributed by atoms with van der Waals surface area (Å²) < 4.78 is 11.3. The summed E-state index contributed by atoms with van der Waals surface area (Å²) in [6.45, 7) is 7.76. The van der Waals surface area contributed by atoms with Crippen molar-refractivity contribution in [2.24, 2.45) is 5.92 Å². The molecule has 1 fully saturated rings. The van der Waals surface area contributed by atoms with Crippen molar-refractivity contribution in [1.82, 2.24) is 0 Å². The Balaban J connectivity index is 1.93. The van der Waals surface area contributed by atoms with E-state index >= 15 is 0 Å². The van der Waals surface area contributed by atoms with Crippen LogP contribution in [0, 0.1) is 12.8 Å². The van der Waals surface area contributed by atoms with E-state index in [0.717, 1.165) is 44.2 Å². The molecule has 1 heterocycles. The fourth-order valence-electron chi connectivity index (χ4n) is 2.33. The average Bonchev–Trinajstić information content (AvgIpc) is 2.45. The number of benzene rings is 1. The molecule has 3 nitrogen and oxygen atoms in total. The molecular weight excluding hydrogens is 238 g/mol. The molecule has 1 aromatic rings. The van der Waals surface area contributed by atoms with Crippen molar-refractivity contribution in [3.63, 3.8) is 0 Å². The summed E-state index contributed by atoms with van der Waals surface area (Å²) in [5.74, 6) is 1.59. The Morgan fingerprint density at radius 3 is 3.05 bits per heavy atom. The lowest BCUT2D eigenvalue weighted by molar-refractivity contribution is 0.0595. The van der Waals surface area contributed by atoms with E-state index in [1.807, 2.05) is 0 Å². The van der Waals surface area contributed by atoms with Crippen LogP contribution < -0.4 is 10.1 Å². The Labute approximate surface area is 116 Å². The average molecular weight is 263 g/mol. The normalized spacial score (nSPS) is 19.2. The van der Waals surface area contributed by atoms with Crippen molar-refractivity contribution >= 4 is 5.69 Å². The lowest BCUT2D eigenvalue weighted by Gasteiger charge is -2.23. The standard InChI is InChI=1S/C16H25NO2/c1-3-8-19-16-10-13(2)6-7-15(16)17-11-14-5-4-9-18-12-14/h6-7,10,14,17H,3-5,8-9,11-12H2,1-2H3. The van der Waals surface area contributed by atoms with E-state index in [4.69, 9.17) is 9.47 Å². The molecule has 1 N–H and O–H groups in total. The van der Waals surface area contributed by atoms with Crippen LogP contribution in [0.3, 0.4) is 0 Å². The van der Waals surface area contributed by atoms with Crippen LogP contribution in [0.2, 0.25) is 0 Å². The summed E-state index contributed by atoms with van der Waals surface area (Å²) >= 11 is 0. The molecule has 0 amide bonds. The Morgan fingerprint density at radius 1 is 1.42 bits per heavy atom. The molecule has 0 aromatic heterocycles. The van der Waals surface area contributed by atoms with Crippen molar-refractivity contribution in [2.75, 3.05) is 31.7 Å². The van der Waals surface area contributed by atoms with E-state index < -0.39 is 0 Å². The van der Waals surface area contributed by atoms with Gasteiger partial charge in [0.05, 0.1) is 18.9 Å². The minimum atomic E-state index is 0.620. The summed E-state index contributed by atoms with van der Waals surface area (Å²) in [4.78, 5) is 0. The van der Waals surface area contributed by atoms with E-state index in [1.165, 1.54) is 18.4 Å². The highest BCUT2D eigenvalue weighted by molar-refractivity contribution is 5.57. The minimum Gasteiger partial charge on any atom is -0.491 e. The molecular formula is C16H25NO2. The Kier molecular flexibility index (Phi) is 5.52. The van der Waals surface area contributed by atoms with Gasteiger partial charge in [-0.05, 0) is 49.8 Å². The van der Waals surface area contributed by atoms with Gasteiger partial charge < -0.3 is 14.8 Å². The van der Waals surface area contributed by atoms with Gasteiger partial charge in [0.25, 0.3) is 0 Å². The van der Waals surface area contributed by atoms with Crippen LogP contribution in [0.15, 0.2) is 18.2 Å². The first-order valence-electron chi connectivity index (χ1n) is 7.34. The number of aryl methyl sites for hydroxylation is 1. The van der Waals surface area contributed by atoms with Gasteiger partial charge >= 0.3 is 0 Å². The van der Waals surface area contributed by atoms with Crippen LogP contribution in [-0.4, -0.2) is 26.4 Å². The van der Waals surface area contributed by atoms with Crippen LogP contribution in [0.4, 0.5) is 5.69 Å². The van der Waals surface area contributed by atoms with Crippen molar-refractivity contribution < 1.29 is 9.47 Å². The highest BCUT2D eigenvalue weighted by Gasteiger charge is 2.14. The molecule has 1 aliphatic heterocycles.